The molecule has 2 fully saturated rings. The van der Waals surface area contributed by atoms with E-state index in [1.165, 1.54) is 32.1 Å². The van der Waals surface area contributed by atoms with Crippen molar-refractivity contribution in [3.8, 4) is 5.88 Å². The molecule has 1 atom stereocenters. The summed E-state index contributed by atoms with van der Waals surface area (Å²) in [6.07, 6.45) is 6.55. The third-order valence-electron chi connectivity index (χ3n) is 4.11. The lowest BCUT2D eigenvalue weighted by Crippen LogP contribution is -2.44. The molecule has 0 radical (unpaired) electrons. The summed E-state index contributed by atoms with van der Waals surface area (Å²) in [5, 5.41) is 3.64. The maximum Gasteiger partial charge on any atom is 0.215 e. The van der Waals surface area contributed by atoms with Crippen molar-refractivity contribution in [3.63, 3.8) is 0 Å². The third-order valence-corrected chi connectivity index (χ3v) is 4.11. The normalized spacial score (nSPS) is 22.6. The van der Waals surface area contributed by atoms with Crippen LogP contribution in [0.1, 0.15) is 39.0 Å². The van der Waals surface area contributed by atoms with Crippen molar-refractivity contribution in [2.24, 2.45) is 0 Å². The standard InChI is InChI=1S/C16H25N3O/c1-2-20-16-8-5-7-15(18-16)19(14-9-10-14)12-13-6-3-4-11-17-13/h5,7-8,13-14,17H,2-4,6,9-12H2,1H3. The Morgan fingerprint density at radius 2 is 2.20 bits per heavy atom. The Morgan fingerprint density at radius 1 is 1.30 bits per heavy atom. The number of nitrogens with one attached hydrogen (secondary N) is 1. The highest BCUT2D eigenvalue weighted by Gasteiger charge is 2.32. The van der Waals surface area contributed by atoms with Gasteiger partial charge >= 0.3 is 0 Å². The summed E-state index contributed by atoms with van der Waals surface area (Å²) in [7, 11) is 0. The number of nitrogens with zero attached hydrogens (tertiary/aromatic N) is 2. The molecule has 2 heterocycles. The van der Waals surface area contributed by atoms with Crippen molar-refractivity contribution in [3.05, 3.63) is 18.2 Å². The molecule has 1 saturated heterocycles. The molecule has 1 N–H and O–H groups in total. The molecule has 20 heavy (non-hydrogen) atoms. The molecular formula is C16H25N3O. The zero-order valence-corrected chi connectivity index (χ0v) is 12.3. The van der Waals surface area contributed by atoms with Crippen LogP contribution in [0.25, 0.3) is 0 Å². The fraction of sp³-hybridized carbons (Fsp3) is 0.688. The topological polar surface area (TPSA) is 37.4 Å². The number of hydrogen-bond acceptors (Lipinski definition) is 4. The van der Waals surface area contributed by atoms with Crippen LogP contribution in [0.15, 0.2) is 18.2 Å². The maximum absolute atomic E-state index is 5.53. The van der Waals surface area contributed by atoms with Crippen LogP contribution >= 0.6 is 0 Å². The van der Waals surface area contributed by atoms with Crippen molar-refractivity contribution < 1.29 is 4.74 Å². The second-order valence-electron chi connectivity index (χ2n) is 5.80. The lowest BCUT2D eigenvalue weighted by Gasteiger charge is -2.31. The van der Waals surface area contributed by atoms with Crippen molar-refractivity contribution >= 4 is 5.82 Å². The fourth-order valence-corrected chi connectivity index (χ4v) is 2.93. The van der Waals surface area contributed by atoms with E-state index in [1.807, 2.05) is 13.0 Å². The van der Waals surface area contributed by atoms with Gasteiger partial charge in [0.15, 0.2) is 0 Å². The van der Waals surface area contributed by atoms with E-state index in [2.05, 4.69) is 27.3 Å². The summed E-state index contributed by atoms with van der Waals surface area (Å²) >= 11 is 0. The average Bonchev–Trinajstić information content (AvgIpc) is 3.31. The second kappa shape index (κ2) is 6.44. The Morgan fingerprint density at radius 3 is 2.90 bits per heavy atom. The van der Waals surface area contributed by atoms with Gasteiger partial charge in [0.25, 0.3) is 0 Å². The van der Waals surface area contributed by atoms with E-state index in [0.29, 0.717) is 18.7 Å². The van der Waals surface area contributed by atoms with Gasteiger partial charge in [-0.3, -0.25) is 0 Å². The molecule has 1 aromatic rings. The number of pyridine rings is 1. The number of anilines is 1. The van der Waals surface area contributed by atoms with Crippen LogP contribution in [0, 0.1) is 0 Å². The van der Waals surface area contributed by atoms with Gasteiger partial charge < -0.3 is 15.0 Å². The van der Waals surface area contributed by atoms with Gasteiger partial charge in [0.2, 0.25) is 5.88 Å². The molecule has 0 amide bonds. The quantitative estimate of drug-likeness (QED) is 0.866. The monoisotopic (exact) mass is 275 g/mol. The van der Waals surface area contributed by atoms with Gasteiger partial charge in [-0.15, -0.1) is 0 Å². The molecule has 3 rings (SSSR count). The van der Waals surface area contributed by atoms with E-state index < -0.39 is 0 Å². The van der Waals surface area contributed by atoms with E-state index in [9.17, 15) is 0 Å². The van der Waals surface area contributed by atoms with Crippen LogP contribution in [0.4, 0.5) is 5.82 Å². The molecule has 110 valence electrons. The number of aromatic nitrogens is 1. The summed E-state index contributed by atoms with van der Waals surface area (Å²) in [5.41, 5.74) is 0. The fourth-order valence-electron chi connectivity index (χ4n) is 2.93. The van der Waals surface area contributed by atoms with Crippen molar-refractivity contribution in [1.82, 2.24) is 10.3 Å². The van der Waals surface area contributed by atoms with Crippen molar-refractivity contribution in [2.45, 2.75) is 51.1 Å². The molecular weight excluding hydrogens is 250 g/mol. The number of ether oxygens (including phenoxy) is 1. The van der Waals surface area contributed by atoms with Crippen LogP contribution in [-0.2, 0) is 0 Å². The highest BCUT2D eigenvalue weighted by atomic mass is 16.5. The first-order valence-corrected chi connectivity index (χ1v) is 7.96. The number of rotatable bonds is 6. The highest BCUT2D eigenvalue weighted by molar-refractivity contribution is 5.43. The van der Waals surface area contributed by atoms with Crippen LogP contribution in [0.3, 0.4) is 0 Å². The highest BCUT2D eigenvalue weighted by Crippen LogP contribution is 2.32. The minimum Gasteiger partial charge on any atom is -0.478 e. The number of hydrogen-bond donors (Lipinski definition) is 1. The summed E-state index contributed by atoms with van der Waals surface area (Å²) in [5.74, 6) is 1.82. The molecule has 1 saturated carbocycles. The first-order chi connectivity index (χ1) is 9.86. The third kappa shape index (κ3) is 3.42. The predicted octanol–water partition coefficient (Wildman–Crippen LogP) is 2.59. The van der Waals surface area contributed by atoms with Gasteiger partial charge in [0, 0.05) is 24.7 Å². The van der Waals surface area contributed by atoms with Crippen molar-refractivity contribution in [1.29, 1.82) is 0 Å². The van der Waals surface area contributed by atoms with Gasteiger partial charge in [0.05, 0.1) is 6.61 Å². The Labute approximate surface area is 121 Å². The minimum atomic E-state index is 0.613. The Hall–Kier alpha value is -1.29. The minimum absolute atomic E-state index is 0.613. The molecule has 0 spiro atoms. The van der Waals surface area contributed by atoms with Gasteiger partial charge in [0.1, 0.15) is 5.82 Å². The van der Waals surface area contributed by atoms with Crippen LogP contribution in [-0.4, -0.2) is 36.8 Å². The molecule has 1 aromatic heterocycles. The summed E-state index contributed by atoms with van der Waals surface area (Å²) in [6.45, 7) is 4.91. The van der Waals surface area contributed by atoms with Gasteiger partial charge in [-0.25, -0.2) is 0 Å². The van der Waals surface area contributed by atoms with E-state index >= 15 is 0 Å². The predicted molar refractivity (Wildman–Crippen MR) is 81.4 cm³/mol. The SMILES string of the molecule is CCOc1cccc(N(CC2CCCCN2)C2CC2)n1. The van der Waals surface area contributed by atoms with Crippen molar-refractivity contribution in [2.75, 3.05) is 24.6 Å². The molecule has 0 aromatic carbocycles. The molecule has 1 unspecified atom stereocenters. The van der Waals surface area contributed by atoms with Gasteiger partial charge in [-0.2, -0.15) is 4.98 Å². The Balaban J connectivity index is 1.70. The largest absolute Gasteiger partial charge is 0.478 e. The summed E-state index contributed by atoms with van der Waals surface area (Å²) in [6, 6.07) is 7.41. The van der Waals surface area contributed by atoms with Gasteiger partial charge in [-0.1, -0.05) is 12.5 Å². The zero-order chi connectivity index (χ0) is 13.8. The second-order valence-corrected chi connectivity index (χ2v) is 5.80. The molecule has 1 aliphatic carbocycles. The van der Waals surface area contributed by atoms with E-state index in [-0.39, 0.29) is 0 Å². The Bertz CT molecular complexity index is 427. The molecule has 4 nitrogen and oxygen atoms in total. The molecule has 2 aliphatic rings. The zero-order valence-electron chi connectivity index (χ0n) is 12.3. The lowest BCUT2D eigenvalue weighted by atomic mass is 10.0. The summed E-state index contributed by atoms with van der Waals surface area (Å²) < 4.78 is 5.53. The average molecular weight is 275 g/mol. The first-order valence-electron chi connectivity index (χ1n) is 7.96. The smallest absolute Gasteiger partial charge is 0.215 e. The van der Waals surface area contributed by atoms with E-state index in [1.54, 1.807) is 0 Å². The van der Waals surface area contributed by atoms with Crippen LogP contribution in [0.5, 0.6) is 5.88 Å². The molecule has 1 aliphatic heterocycles. The molecule has 4 heteroatoms. The number of piperidine rings is 1. The Kier molecular flexibility index (Phi) is 4.41. The van der Waals surface area contributed by atoms with Gasteiger partial charge in [-0.05, 0) is 45.2 Å². The molecule has 0 bridgehead atoms. The van der Waals surface area contributed by atoms with E-state index in [0.717, 1.165) is 24.8 Å². The maximum atomic E-state index is 5.53. The summed E-state index contributed by atoms with van der Waals surface area (Å²) in [4.78, 5) is 7.14. The lowest BCUT2D eigenvalue weighted by molar-refractivity contribution is 0.326. The van der Waals surface area contributed by atoms with Crippen LogP contribution in [0.2, 0.25) is 0 Å². The van der Waals surface area contributed by atoms with E-state index in [4.69, 9.17) is 4.74 Å². The van der Waals surface area contributed by atoms with Crippen LogP contribution < -0.4 is 15.0 Å². The first kappa shape index (κ1) is 13.7.